The summed E-state index contributed by atoms with van der Waals surface area (Å²) in [6.45, 7) is 4.35. The number of aryl methyl sites for hydroxylation is 2. The molecule has 1 aliphatic carbocycles. The number of ether oxygens (including phenoxy) is 2. The third kappa shape index (κ3) is 4.91. The van der Waals surface area contributed by atoms with Crippen molar-refractivity contribution in [2.24, 2.45) is 7.05 Å². The van der Waals surface area contributed by atoms with Crippen LogP contribution in [0.5, 0.6) is 5.75 Å². The van der Waals surface area contributed by atoms with Crippen LogP contribution in [0.1, 0.15) is 64.5 Å². The molecule has 3 heterocycles. The van der Waals surface area contributed by atoms with Crippen LogP contribution in [-0.4, -0.2) is 63.2 Å². The van der Waals surface area contributed by atoms with Gasteiger partial charge >= 0.3 is 5.97 Å². The van der Waals surface area contributed by atoms with Gasteiger partial charge in [-0.2, -0.15) is 9.40 Å². The molecule has 1 fully saturated rings. The van der Waals surface area contributed by atoms with Gasteiger partial charge in [0, 0.05) is 31.6 Å². The van der Waals surface area contributed by atoms with Crippen LogP contribution in [0, 0.1) is 6.92 Å². The number of esters is 1. The maximum atomic E-state index is 13.8. The fourth-order valence-electron chi connectivity index (χ4n) is 5.50. The molecule has 0 N–H and O–H groups in total. The summed E-state index contributed by atoms with van der Waals surface area (Å²) in [6.07, 6.45) is 4.62. The third-order valence-electron chi connectivity index (χ3n) is 7.90. The fraction of sp³-hybridized carbons (Fsp3) is 0.379. The summed E-state index contributed by atoms with van der Waals surface area (Å²) in [5.74, 6) is 0.0491. The number of hydrogen-bond acceptors (Lipinski definition) is 8. The minimum atomic E-state index is -3.80. The number of hydrogen-bond donors (Lipinski definition) is 0. The lowest BCUT2D eigenvalue weighted by molar-refractivity contribution is 0.0599. The molecule has 0 saturated heterocycles. The van der Waals surface area contributed by atoms with Gasteiger partial charge in [-0.15, -0.1) is 5.10 Å². The standard InChI is InChI=1S/C29H32N6O5S/c1-5-21-16-34(41(37,38)27-9-7-6-8-26(27)40-21)15-19-12-20(11-10-18(19)2)35-28(24(14-30-35)29(36)39-4)23-13-22(23)25-17-33(3)32-31-25/h6-12,14,17,21-23H,5,13,15-16H2,1-4H3/t21-,22-,23?/m1/s1. The Bertz CT molecular complexity index is 1730. The van der Waals surface area contributed by atoms with E-state index in [4.69, 9.17) is 9.47 Å². The number of aromatic nitrogens is 5. The zero-order chi connectivity index (χ0) is 28.9. The number of rotatable bonds is 7. The maximum absolute atomic E-state index is 13.8. The normalized spacial score (nSPS) is 21.5. The predicted molar refractivity (Wildman–Crippen MR) is 149 cm³/mol. The molecule has 4 aromatic rings. The molecular weight excluding hydrogens is 544 g/mol. The predicted octanol–water partition coefficient (Wildman–Crippen LogP) is 3.73. The van der Waals surface area contributed by atoms with E-state index in [2.05, 4.69) is 15.4 Å². The Morgan fingerprint density at radius 3 is 2.71 bits per heavy atom. The van der Waals surface area contributed by atoms with Crippen LogP contribution in [0.3, 0.4) is 0 Å². The lowest BCUT2D eigenvalue weighted by atomic mass is 10.1. The number of fused-ring (bicyclic) bond motifs is 1. The summed E-state index contributed by atoms with van der Waals surface area (Å²) in [6, 6.07) is 12.6. The Balaban J connectivity index is 1.37. The summed E-state index contributed by atoms with van der Waals surface area (Å²) in [5, 5.41) is 12.9. The second kappa shape index (κ2) is 10.4. The van der Waals surface area contributed by atoms with E-state index in [1.807, 2.05) is 45.3 Å². The van der Waals surface area contributed by atoms with Gasteiger partial charge in [0.25, 0.3) is 0 Å². The van der Waals surface area contributed by atoms with Crippen LogP contribution in [0.25, 0.3) is 5.69 Å². The first kappa shape index (κ1) is 27.2. The van der Waals surface area contributed by atoms with Gasteiger partial charge in [-0.1, -0.05) is 30.3 Å². The van der Waals surface area contributed by atoms with Crippen LogP contribution in [0.2, 0.25) is 0 Å². The van der Waals surface area contributed by atoms with Crippen molar-refractivity contribution < 1.29 is 22.7 Å². The molecule has 12 heteroatoms. The molecule has 214 valence electrons. The van der Waals surface area contributed by atoms with Gasteiger partial charge in [0.2, 0.25) is 10.0 Å². The van der Waals surface area contributed by atoms with E-state index in [-0.39, 0.29) is 35.9 Å². The van der Waals surface area contributed by atoms with Crippen molar-refractivity contribution >= 4 is 16.0 Å². The summed E-state index contributed by atoms with van der Waals surface area (Å²) in [5.41, 5.74) is 4.53. The van der Waals surface area contributed by atoms with Crippen molar-refractivity contribution in [1.29, 1.82) is 0 Å². The average Bonchev–Trinajstić information content (AvgIpc) is 3.45. The molecule has 1 unspecified atom stereocenters. The number of carbonyl (C=O) groups excluding carboxylic acids is 1. The highest BCUT2D eigenvalue weighted by molar-refractivity contribution is 7.89. The molecule has 11 nitrogen and oxygen atoms in total. The quantitative estimate of drug-likeness (QED) is 0.305. The second-order valence-corrected chi connectivity index (χ2v) is 12.5. The Labute approximate surface area is 238 Å². The summed E-state index contributed by atoms with van der Waals surface area (Å²) < 4.78 is 43.6. The Morgan fingerprint density at radius 2 is 1.98 bits per heavy atom. The number of methoxy groups -OCH3 is 1. The Hall–Kier alpha value is -4.03. The third-order valence-corrected chi connectivity index (χ3v) is 9.75. The number of sulfonamides is 1. The second-order valence-electron chi connectivity index (χ2n) is 10.6. The molecule has 3 atom stereocenters. The number of nitrogens with zero attached hydrogens (tertiary/aromatic N) is 6. The lowest BCUT2D eigenvalue weighted by Gasteiger charge is -2.23. The minimum absolute atomic E-state index is 0.0120. The lowest BCUT2D eigenvalue weighted by Crippen LogP contribution is -2.36. The zero-order valence-electron chi connectivity index (χ0n) is 23.4. The molecule has 0 bridgehead atoms. The van der Waals surface area contributed by atoms with Gasteiger partial charge in [-0.25, -0.2) is 17.9 Å². The van der Waals surface area contributed by atoms with Crippen molar-refractivity contribution in [3.63, 3.8) is 0 Å². The van der Waals surface area contributed by atoms with E-state index >= 15 is 0 Å². The van der Waals surface area contributed by atoms with Gasteiger partial charge in [-0.05, 0) is 55.2 Å². The molecule has 2 aliphatic rings. The van der Waals surface area contributed by atoms with Gasteiger partial charge in [0.15, 0.2) is 0 Å². The highest BCUT2D eigenvalue weighted by Gasteiger charge is 2.46. The topological polar surface area (TPSA) is 121 Å². The van der Waals surface area contributed by atoms with E-state index < -0.39 is 16.0 Å². The van der Waals surface area contributed by atoms with E-state index in [1.165, 1.54) is 17.6 Å². The van der Waals surface area contributed by atoms with Crippen LogP contribution in [0.4, 0.5) is 0 Å². The molecule has 2 aromatic carbocycles. The molecule has 1 saturated carbocycles. The largest absolute Gasteiger partial charge is 0.488 e. The zero-order valence-corrected chi connectivity index (χ0v) is 24.2. The minimum Gasteiger partial charge on any atom is -0.488 e. The molecule has 41 heavy (non-hydrogen) atoms. The van der Waals surface area contributed by atoms with Crippen molar-refractivity contribution in [1.82, 2.24) is 29.1 Å². The average molecular weight is 577 g/mol. The highest BCUT2D eigenvalue weighted by atomic mass is 32.2. The molecule has 1 aliphatic heterocycles. The highest BCUT2D eigenvalue weighted by Crippen LogP contribution is 2.55. The van der Waals surface area contributed by atoms with Crippen molar-refractivity contribution in [2.75, 3.05) is 13.7 Å². The van der Waals surface area contributed by atoms with E-state index in [0.717, 1.165) is 34.6 Å². The van der Waals surface area contributed by atoms with Crippen molar-refractivity contribution in [2.45, 2.75) is 56.1 Å². The molecule has 0 amide bonds. The van der Waals surface area contributed by atoms with Crippen LogP contribution in [-0.2, 0) is 28.4 Å². The van der Waals surface area contributed by atoms with Crippen LogP contribution < -0.4 is 4.74 Å². The van der Waals surface area contributed by atoms with Gasteiger partial charge in [0.1, 0.15) is 22.3 Å². The Kier molecular flexibility index (Phi) is 6.90. The molecule has 6 rings (SSSR count). The summed E-state index contributed by atoms with van der Waals surface area (Å²) in [7, 11) is -0.625. The van der Waals surface area contributed by atoms with Crippen LogP contribution in [0.15, 0.2) is 59.8 Å². The smallest absolute Gasteiger partial charge is 0.341 e. The van der Waals surface area contributed by atoms with E-state index in [1.54, 1.807) is 33.6 Å². The van der Waals surface area contributed by atoms with Crippen molar-refractivity contribution in [3.05, 3.63) is 82.9 Å². The molecular formula is C29H32N6O5S. The first-order valence-electron chi connectivity index (χ1n) is 13.6. The van der Waals surface area contributed by atoms with Gasteiger partial charge in [0.05, 0.1) is 36.9 Å². The van der Waals surface area contributed by atoms with Crippen LogP contribution >= 0.6 is 0 Å². The SMILES string of the molecule is CC[C@@H]1CN(Cc2cc(-n3ncc(C(=O)OC)c3C3C[C@H]3c3cn(C)nn3)ccc2C)S(=O)(=O)c2ccccc2O1. The van der Waals surface area contributed by atoms with E-state index in [0.29, 0.717) is 17.7 Å². The monoisotopic (exact) mass is 576 g/mol. The summed E-state index contributed by atoms with van der Waals surface area (Å²) in [4.78, 5) is 12.9. The Morgan fingerprint density at radius 1 is 1.17 bits per heavy atom. The van der Waals surface area contributed by atoms with E-state index in [9.17, 15) is 13.2 Å². The molecule has 0 spiro atoms. The summed E-state index contributed by atoms with van der Waals surface area (Å²) >= 11 is 0. The van der Waals surface area contributed by atoms with Gasteiger partial charge in [-0.3, -0.25) is 4.68 Å². The fourth-order valence-corrected chi connectivity index (χ4v) is 7.07. The molecule has 0 radical (unpaired) electrons. The van der Waals surface area contributed by atoms with Crippen molar-refractivity contribution in [3.8, 4) is 11.4 Å². The van der Waals surface area contributed by atoms with Gasteiger partial charge < -0.3 is 9.47 Å². The number of carbonyl (C=O) groups is 1. The molecule has 2 aromatic heterocycles. The maximum Gasteiger partial charge on any atom is 0.341 e. The number of para-hydroxylation sites is 1. The first-order valence-corrected chi connectivity index (χ1v) is 15.0. The number of benzene rings is 2. The first-order chi connectivity index (χ1) is 19.7.